The minimum atomic E-state index is 0.0247. The molecule has 2 heteroatoms. The van der Waals surface area contributed by atoms with Crippen LogP contribution in [-0.2, 0) is 4.79 Å². The normalized spacial score (nSPS) is 11.6. The molecule has 0 unspecified atom stereocenters. The van der Waals surface area contributed by atoms with Crippen LogP contribution in [0.3, 0.4) is 0 Å². The summed E-state index contributed by atoms with van der Waals surface area (Å²) in [4.78, 5) is 11.9. The van der Waals surface area contributed by atoms with Gasteiger partial charge in [0.15, 0.2) is 0 Å². The van der Waals surface area contributed by atoms with Crippen LogP contribution in [0.25, 0.3) is 0 Å². The van der Waals surface area contributed by atoms with Crippen LogP contribution in [0.15, 0.2) is 24.3 Å². The van der Waals surface area contributed by atoms with Gasteiger partial charge in [0, 0.05) is 12.1 Å². The topological polar surface area (TPSA) is 29.1 Å². The van der Waals surface area contributed by atoms with Crippen LogP contribution in [0, 0.1) is 5.41 Å². The Bertz CT molecular complexity index is 388. The van der Waals surface area contributed by atoms with Gasteiger partial charge in [-0.2, -0.15) is 0 Å². The van der Waals surface area contributed by atoms with Crippen LogP contribution in [-0.4, -0.2) is 5.91 Å². The van der Waals surface area contributed by atoms with Gasteiger partial charge < -0.3 is 5.32 Å². The van der Waals surface area contributed by atoms with Crippen molar-refractivity contribution in [1.29, 1.82) is 0 Å². The fourth-order valence-electron chi connectivity index (χ4n) is 1.79. The highest BCUT2D eigenvalue weighted by atomic mass is 16.1. The van der Waals surface area contributed by atoms with Crippen molar-refractivity contribution >= 4 is 11.6 Å². The molecular weight excluding hydrogens is 210 g/mol. The number of para-hydroxylation sites is 1. The van der Waals surface area contributed by atoms with Crippen molar-refractivity contribution in [1.82, 2.24) is 0 Å². The molecule has 17 heavy (non-hydrogen) atoms. The van der Waals surface area contributed by atoms with Crippen molar-refractivity contribution in [3.63, 3.8) is 0 Å². The molecule has 1 aromatic carbocycles. The van der Waals surface area contributed by atoms with Gasteiger partial charge in [-0.1, -0.05) is 52.8 Å². The van der Waals surface area contributed by atoms with E-state index in [2.05, 4.69) is 46.0 Å². The van der Waals surface area contributed by atoms with Gasteiger partial charge >= 0.3 is 0 Å². The molecule has 0 saturated heterocycles. The lowest BCUT2D eigenvalue weighted by Gasteiger charge is -2.19. The maximum absolute atomic E-state index is 11.9. The second kappa shape index (κ2) is 5.35. The van der Waals surface area contributed by atoms with E-state index in [1.54, 1.807) is 0 Å². The lowest BCUT2D eigenvalue weighted by molar-refractivity contribution is -0.117. The second-order valence-corrected chi connectivity index (χ2v) is 6.03. The number of hydrogen-bond acceptors (Lipinski definition) is 1. The van der Waals surface area contributed by atoms with Gasteiger partial charge in [0.1, 0.15) is 0 Å². The summed E-state index contributed by atoms with van der Waals surface area (Å²) in [5.41, 5.74) is 2.16. The summed E-state index contributed by atoms with van der Waals surface area (Å²) in [6, 6.07) is 8.00. The van der Waals surface area contributed by atoms with E-state index in [1.165, 1.54) is 5.56 Å². The highest BCUT2D eigenvalue weighted by molar-refractivity contribution is 5.91. The molecule has 0 aliphatic rings. The van der Waals surface area contributed by atoms with Gasteiger partial charge in [-0.25, -0.2) is 0 Å². The van der Waals surface area contributed by atoms with Gasteiger partial charge in [0.25, 0.3) is 0 Å². The number of hydrogen-bond donors (Lipinski definition) is 1. The smallest absolute Gasteiger partial charge is 0.224 e. The SMILES string of the molecule is CC(C)c1ccccc1NC(=O)CC(C)(C)C. The molecule has 0 aromatic heterocycles. The molecule has 1 N–H and O–H groups in total. The number of nitrogens with one attached hydrogen (secondary N) is 1. The monoisotopic (exact) mass is 233 g/mol. The molecular formula is C15H23NO. The van der Waals surface area contributed by atoms with Crippen molar-refractivity contribution in [3.8, 4) is 0 Å². The highest BCUT2D eigenvalue weighted by Gasteiger charge is 2.17. The number of benzene rings is 1. The average Bonchev–Trinajstić information content (AvgIpc) is 2.14. The summed E-state index contributed by atoms with van der Waals surface area (Å²) >= 11 is 0. The summed E-state index contributed by atoms with van der Waals surface area (Å²) < 4.78 is 0. The summed E-state index contributed by atoms with van der Waals surface area (Å²) in [6.07, 6.45) is 0.541. The van der Waals surface area contributed by atoms with E-state index in [9.17, 15) is 4.79 Å². The number of rotatable bonds is 3. The molecule has 1 amide bonds. The maximum Gasteiger partial charge on any atom is 0.224 e. The van der Waals surface area contributed by atoms with Gasteiger partial charge in [-0.05, 0) is 23.0 Å². The fourth-order valence-corrected chi connectivity index (χ4v) is 1.79. The van der Waals surface area contributed by atoms with Gasteiger partial charge in [0.05, 0.1) is 0 Å². The molecule has 1 aromatic rings. The molecule has 0 heterocycles. The van der Waals surface area contributed by atoms with E-state index in [0.29, 0.717) is 12.3 Å². The number of carbonyl (C=O) groups is 1. The van der Waals surface area contributed by atoms with Crippen LogP contribution in [0.4, 0.5) is 5.69 Å². The molecule has 94 valence electrons. The highest BCUT2D eigenvalue weighted by Crippen LogP contribution is 2.25. The Morgan fingerprint density at radius 1 is 1.24 bits per heavy atom. The Morgan fingerprint density at radius 3 is 2.35 bits per heavy atom. The summed E-state index contributed by atoms with van der Waals surface area (Å²) in [5, 5.41) is 3.01. The van der Waals surface area contributed by atoms with Crippen molar-refractivity contribution in [2.45, 2.75) is 47.0 Å². The van der Waals surface area contributed by atoms with E-state index in [1.807, 2.05) is 18.2 Å². The fraction of sp³-hybridized carbons (Fsp3) is 0.533. The van der Waals surface area contributed by atoms with Gasteiger partial charge in [-0.3, -0.25) is 4.79 Å². The first-order valence-corrected chi connectivity index (χ1v) is 6.18. The Hall–Kier alpha value is -1.31. The number of amides is 1. The minimum absolute atomic E-state index is 0.0247. The zero-order valence-electron chi connectivity index (χ0n) is 11.5. The maximum atomic E-state index is 11.9. The Labute approximate surface area is 104 Å². The zero-order chi connectivity index (χ0) is 13.1. The predicted molar refractivity (Wildman–Crippen MR) is 73.2 cm³/mol. The van der Waals surface area contributed by atoms with Crippen LogP contribution in [0.5, 0.6) is 0 Å². The van der Waals surface area contributed by atoms with Crippen LogP contribution in [0.1, 0.15) is 52.5 Å². The molecule has 0 atom stereocenters. The molecule has 0 bridgehead atoms. The van der Waals surface area contributed by atoms with E-state index in [4.69, 9.17) is 0 Å². The van der Waals surface area contributed by atoms with Crippen molar-refractivity contribution in [3.05, 3.63) is 29.8 Å². The largest absolute Gasteiger partial charge is 0.326 e. The quantitative estimate of drug-likeness (QED) is 0.833. The molecule has 0 radical (unpaired) electrons. The van der Waals surface area contributed by atoms with E-state index >= 15 is 0 Å². The van der Waals surface area contributed by atoms with Crippen molar-refractivity contribution in [2.75, 3.05) is 5.32 Å². The standard InChI is InChI=1S/C15H23NO/c1-11(2)12-8-6-7-9-13(12)16-14(17)10-15(3,4)5/h6-9,11H,10H2,1-5H3,(H,16,17). The van der Waals surface area contributed by atoms with Gasteiger partial charge in [-0.15, -0.1) is 0 Å². The minimum Gasteiger partial charge on any atom is -0.326 e. The Kier molecular flexibility index (Phi) is 4.33. The molecule has 0 fully saturated rings. The molecule has 2 nitrogen and oxygen atoms in total. The first kappa shape index (κ1) is 13.8. The Balaban J connectivity index is 2.78. The average molecular weight is 233 g/mol. The number of carbonyl (C=O) groups excluding carboxylic acids is 1. The first-order valence-electron chi connectivity index (χ1n) is 6.18. The molecule has 1 rings (SSSR count). The summed E-state index contributed by atoms with van der Waals surface area (Å²) in [5.74, 6) is 0.506. The molecule has 0 aliphatic carbocycles. The van der Waals surface area contributed by atoms with Crippen LogP contribution in [0.2, 0.25) is 0 Å². The third kappa shape index (κ3) is 4.59. The summed E-state index contributed by atoms with van der Waals surface area (Å²) in [6.45, 7) is 10.5. The van der Waals surface area contributed by atoms with E-state index in [0.717, 1.165) is 5.69 Å². The van der Waals surface area contributed by atoms with Crippen LogP contribution >= 0.6 is 0 Å². The molecule has 0 aliphatic heterocycles. The van der Waals surface area contributed by atoms with Crippen molar-refractivity contribution in [2.24, 2.45) is 5.41 Å². The molecule has 0 saturated carbocycles. The second-order valence-electron chi connectivity index (χ2n) is 6.03. The third-order valence-corrected chi connectivity index (χ3v) is 2.55. The van der Waals surface area contributed by atoms with E-state index in [-0.39, 0.29) is 11.3 Å². The van der Waals surface area contributed by atoms with Crippen LogP contribution < -0.4 is 5.32 Å². The molecule has 0 spiro atoms. The Morgan fingerprint density at radius 2 is 1.82 bits per heavy atom. The van der Waals surface area contributed by atoms with E-state index < -0.39 is 0 Å². The van der Waals surface area contributed by atoms with Gasteiger partial charge in [0.2, 0.25) is 5.91 Å². The lowest BCUT2D eigenvalue weighted by atomic mass is 9.92. The zero-order valence-corrected chi connectivity index (χ0v) is 11.5. The number of anilines is 1. The third-order valence-electron chi connectivity index (χ3n) is 2.55. The van der Waals surface area contributed by atoms with Crippen molar-refractivity contribution < 1.29 is 4.79 Å². The predicted octanol–water partition coefficient (Wildman–Crippen LogP) is 4.18. The summed E-state index contributed by atoms with van der Waals surface area (Å²) in [7, 11) is 0. The lowest BCUT2D eigenvalue weighted by Crippen LogP contribution is -2.20. The first-order chi connectivity index (χ1) is 7.79.